The van der Waals surface area contributed by atoms with Crippen LogP contribution in [-0.4, -0.2) is 22.8 Å². The largest absolute Gasteiger partial charge is 0.467 e. The minimum absolute atomic E-state index is 0.0654. The third-order valence-electron chi connectivity index (χ3n) is 4.24. The van der Waals surface area contributed by atoms with Gasteiger partial charge in [-0.3, -0.25) is 9.59 Å². The summed E-state index contributed by atoms with van der Waals surface area (Å²) in [7, 11) is 0. The summed E-state index contributed by atoms with van der Waals surface area (Å²) in [6.45, 7) is 4.93. The number of rotatable bonds is 6. The lowest BCUT2D eigenvalue weighted by molar-refractivity contribution is -0.126. The van der Waals surface area contributed by atoms with Crippen molar-refractivity contribution < 1.29 is 14.0 Å². The Kier molecular flexibility index (Phi) is 4.69. The molecule has 126 valence electrons. The quantitative estimate of drug-likeness (QED) is 0.888. The van der Waals surface area contributed by atoms with Gasteiger partial charge in [-0.2, -0.15) is 0 Å². The van der Waals surface area contributed by atoms with Crippen LogP contribution >= 0.6 is 0 Å². The molecule has 0 radical (unpaired) electrons. The summed E-state index contributed by atoms with van der Waals surface area (Å²) in [6.07, 6.45) is 2.21. The maximum Gasteiger partial charge on any atom is 0.255 e. The fourth-order valence-corrected chi connectivity index (χ4v) is 3.06. The predicted molar refractivity (Wildman–Crippen MR) is 90.1 cm³/mol. The van der Waals surface area contributed by atoms with E-state index in [1.807, 2.05) is 30.3 Å². The molecular weight excluding hydrogens is 304 g/mol. The van der Waals surface area contributed by atoms with E-state index in [4.69, 9.17) is 4.42 Å². The SMILES string of the molecule is CC(C)C[C@H](C(=O)NCc1ccco1)N1Cc2ccccc2C1=O. The van der Waals surface area contributed by atoms with Gasteiger partial charge in [0.25, 0.3) is 5.91 Å². The maximum atomic E-state index is 12.7. The van der Waals surface area contributed by atoms with Crippen LogP contribution in [0.25, 0.3) is 0 Å². The number of carbonyl (C=O) groups excluding carboxylic acids is 2. The third kappa shape index (κ3) is 3.35. The zero-order chi connectivity index (χ0) is 17.1. The van der Waals surface area contributed by atoms with Crippen molar-refractivity contribution in [3.8, 4) is 0 Å². The van der Waals surface area contributed by atoms with Crippen LogP contribution in [0.5, 0.6) is 0 Å². The zero-order valence-corrected chi connectivity index (χ0v) is 14.0. The maximum absolute atomic E-state index is 12.7. The number of hydrogen-bond donors (Lipinski definition) is 1. The van der Waals surface area contributed by atoms with E-state index in [0.717, 1.165) is 5.56 Å². The number of nitrogens with zero attached hydrogens (tertiary/aromatic N) is 1. The number of nitrogens with one attached hydrogen (secondary N) is 1. The minimum Gasteiger partial charge on any atom is -0.467 e. The molecule has 3 rings (SSSR count). The standard InChI is InChI=1S/C19H22N2O3/c1-13(2)10-17(18(22)20-11-15-7-5-9-24-15)21-12-14-6-3-4-8-16(14)19(21)23/h3-9,13,17H,10-12H2,1-2H3,(H,20,22)/t17-/m1/s1. The topological polar surface area (TPSA) is 62.6 Å². The molecule has 0 saturated heterocycles. The van der Waals surface area contributed by atoms with Crippen molar-refractivity contribution in [2.75, 3.05) is 0 Å². The average molecular weight is 326 g/mol. The molecule has 1 aliphatic rings. The first kappa shape index (κ1) is 16.3. The Labute approximate surface area is 141 Å². The van der Waals surface area contributed by atoms with Gasteiger partial charge in [0.2, 0.25) is 5.91 Å². The van der Waals surface area contributed by atoms with Gasteiger partial charge in [-0.05, 0) is 36.1 Å². The summed E-state index contributed by atoms with van der Waals surface area (Å²) in [6, 6.07) is 10.7. The van der Waals surface area contributed by atoms with Gasteiger partial charge in [0.1, 0.15) is 11.8 Å². The predicted octanol–water partition coefficient (Wildman–Crippen LogP) is 2.97. The minimum atomic E-state index is -0.472. The molecule has 2 heterocycles. The monoisotopic (exact) mass is 326 g/mol. The van der Waals surface area contributed by atoms with Gasteiger partial charge in [0.05, 0.1) is 12.8 Å². The second-order valence-electron chi connectivity index (χ2n) is 6.53. The van der Waals surface area contributed by atoms with Gasteiger partial charge in [-0.15, -0.1) is 0 Å². The molecule has 24 heavy (non-hydrogen) atoms. The molecule has 0 fully saturated rings. The van der Waals surface area contributed by atoms with E-state index in [0.29, 0.717) is 36.8 Å². The fraction of sp³-hybridized carbons (Fsp3) is 0.368. The summed E-state index contributed by atoms with van der Waals surface area (Å²) < 4.78 is 5.25. The van der Waals surface area contributed by atoms with Gasteiger partial charge in [0.15, 0.2) is 0 Å². The first-order valence-corrected chi connectivity index (χ1v) is 8.25. The number of hydrogen-bond acceptors (Lipinski definition) is 3. The summed E-state index contributed by atoms with van der Waals surface area (Å²) in [4.78, 5) is 27.1. The number of amides is 2. The first-order chi connectivity index (χ1) is 11.6. The summed E-state index contributed by atoms with van der Waals surface area (Å²) in [5.41, 5.74) is 1.68. The lowest BCUT2D eigenvalue weighted by Gasteiger charge is -2.28. The number of fused-ring (bicyclic) bond motifs is 1. The molecular formula is C19H22N2O3. The van der Waals surface area contributed by atoms with Crippen LogP contribution in [0.15, 0.2) is 47.1 Å². The van der Waals surface area contributed by atoms with Crippen LogP contribution in [0, 0.1) is 5.92 Å². The Morgan fingerprint density at radius 2 is 2.04 bits per heavy atom. The van der Waals surface area contributed by atoms with Crippen LogP contribution < -0.4 is 5.32 Å². The van der Waals surface area contributed by atoms with Crippen LogP contribution in [0.1, 0.15) is 41.9 Å². The van der Waals surface area contributed by atoms with Crippen LogP contribution in [0.3, 0.4) is 0 Å². The van der Waals surface area contributed by atoms with Gasteiger partial charge >= 0.3 is 0 Å². The number of carbonyl (C=O) groups is 2. The molecule has 2 aromatic rings. The van der Waals surface area contributed by atoms with Crippen LogP contribution in [0.2, 0.25) is 0 Å². The highest BCUT2D eigenvalue weighted by molar-refractivity contribution is 6.01. The van der Waals surface area contributed by atoms with E-state index in [2.05, 4.69) is 19.2 Å². The Morgan fingerprint density at radius 3 is 2.71 bits per heavy atom. The molecule has 0 spiro atoms. The van der Waals surface area contributed by atoms with Crippen molar-refractivity contribution in [2.45, 2.75) is 39.4 Å². The molecule has 0 aliphatic carbocycles. The van der Waals surface area contributed by atoms with E-state index in [-0.39, 0.29) is 11.8 Å². The zero-order valence-electron chi connectivity index (χ0n) is 14.0. The normalized spacial score (nSPS) is 14.8. The van der Waals surface area contributed by atoms with Crippen molar-refractivity contribution in [3.05, 3.63) is 59.5 Å². The molecule has 0 saturated carbocycles. The molecule has 1 aliphatic heterocycles. The third-order valence-corrected chi connectivity index (χ3v) is 4.24. The second kappa shape index (κ2) is 6.91. The van der Waals surface area contributed by atoms with Crippen molar-refractivity contribution in [3.63, 3.8) is 0 Å². The molecule has 1 aromatic carbocycles. The molecule has 1 atom stereocenters. The van der Waals surface area contributed by atoms with Crippen molar-refractivity contribution in [1.82, 2.24) is 10.2 Å². The Morgan fingerprint density at radius 1 is 1.25 bits per heavy atom. The van der Waals surface area contributed by atoms with Gasteiger partial charge < -0.3 is 14.6 Å². The molecule has 5 heteroatoms. The Balaban J connectivity index is 1.74. The highest BCUT2D eigenvalue weighted by atomic mass is 16.3. The van der Waals surface area contributed by atoms with Gasteiger partial charge in [-0.25, -0.2) is 0 Å². The lowest BCUT2D eigenvalue weighted by atomic mass is 10.0. The van der Waals surface area contributed by atoms with Crippen molar-refractivity contribution in [1.29, 1.82) is 0 Å². The molecule has 5 nitrogen and oxygen atoms in total. The highest BCUT2D eigenvalue weighted by Crippen LogP contribution is 2.26. The number of benzene rings is 1. The summed E-state index contributed by atoms with van der Waals surface area (Å²) in [5, 5.41) is 2.89. The molecule has 0 unspecified atom stereocenters. The summed E-state index contributed by atoms with van der Waals surface area (Å²) >= 11 is 0. The smallest absolute Gasteiger partial charge is 0.255 e. The first-order valence-electron chi connectivity index (χ1n) is 8.25. The van der Waals surface area contributed by atoms with E-state index in [1.165, 1.54) is 0 Å². The molecule has 1 N–H and O–H groups in total. The lowest BCUT2D eigenvalue weighted by Crippen LogP contribution is -2.47. The van der Waals surface area contributed by atoms with E-state index in [9.17, 15) is 9.59 Å². The van der Waals surface area contributed by atoms with Gasteiger partial charge in [0, 0.05) is 12.1 Å². The molecule has 2 amide bonds. The summed E-state index contributed by atoms with van der Waals surface area (Å²) in [5.74, 6) is 0.800. The van der Waals surface area contributed by atoms with E-state index < -0.39 is 6.04 Å². The molecule has 1 aromatic heterocycles. The highest BCUT2D eigenvalue weighted by Gasteiger charge is 2.36. The van der Waals surface area contributed by atoms with E-state index in [1.54, 1.807) is 17.2 Å². The van der Waals surface area contributed by atoms with Crippen molar-refractivity contribution >= 4 is 11.8 Å². The van der Waals surface area contributed by atoms with E-state index >= 15 is 0 Å². The Bertz CT molecular complexity index is 722. The fourth-order valence-electron chi connectivity index (χ4n) is 3.06. The second-order valence-corrected chi connectivity index (χ2v) is 6.53. The van der Waals surface area contributed by atoms with Crippen LogP contribution in [0.4, 0.5) is 0 Å². The van der Waals surface area contributed by atoms with Crippen molar-refractivity contribution in [2.24, 2.45) is 5.92 Å². The number of furan rings is 1. The average Bonchev–Trinajstić information content (AvgIpc) is 3.19. The Hall–Kier alpha value is -2.56. The van der Waals surface area contributed by atoms with Gasteiger partial charge in [-0.1, -0.05) is 32.0 Å². The molecule has 0 bridgehead atoms. The van der Waals surface area contributed by atoms with Crippen LogP contribution in [-0.2, 0) is 17.9 Å².